The van der Waals surface area contributed by atoms with E-state index in [1.54, 1.807) is 0 Å². The molecule has 3 rings (SSSR count). The van der Waals surface area contributed by atoms with Crippen LogP contribution in [0.3, 0.4) is 0 Å². The predicted octanol–water partition coefficient (Wildman–Crippen LogP) is 4.88. The highest BCUT2D eigenvalue weighted by Crippen LogP contribution is 2.18. The molecule has 27 heavy (non-hydrogen) atoms. The molecule has 0 fully saturated rings. The maximum Gasteiger partial charge on any atom is 0.277 e. The van der Waals surface area contributed by atoms with E-state index in [9.17, 15) is 4.79 Å². The Morgan fingerprint density at radius 3 is 2.41 bits per heavy atom. The largest absolute Gasteiger partial charge is 0.484 e. The molecule has 0 bridgehead atoms. The van der Waals surface area contributed by atoms with Crippen LogP contribution in [-0.2, 0) is 4.79 Å². The van der Waals surface area contributed by atoms with Crippen molar-refractivity contribution in [2.24, 2.45) is 5.10 Å². The van der Waals surface area contributed by atoms with Crippen molar-refractivity contribution in [3.8, 4) is 5.75 Å². The normalized spacial score (nSPS) is 11.6. The number of ether oxygens (including phenoxy) is 1. The molecular formula is C23H24N2O2. The van der Waals surface area contributed by atoms with E-state index in [1.165, 1.54) is 10.9 Å². The summed E-state index contributed by atoms with van der Waals surface area (Å²) in [6.45, 7) is 6.07. The zero-order valence-corrected chi connectivity index (χ0v) is 15.9. The van der Waals surface area contributed by atoms with Crippen LogP contribution in [0.2, 0.25) is 0 Å². The summed E-state index contributed by atoms with van der Waals surface area (Å²) in [4.78, 5) is 12.0. The lowest BCUT2D eigenvalue weighted by Crippen LogP contribution is -2.25. The second kappa shape index (κ2) is 8.49. The fourth-order valence-corrected chi connectivity index (χ4v) is 2.76. The number of nitrogens with one attached hydrogen (secondary N) is 1. The summed E-state index contributed by atoms with van der Waals surface area (Å²) in [5, 5.41) is 6.51. The van der Waals surface area contributed by atoms with Crippen molar-refractivity contribution >= 4 is 22.4 Å². The van der Waals surface area contributed by atoms with Crippen LogP contribution in [0.15, 0.2) is 71.8 Å². The van der Waals surface area contributed by atoms with Crippen molar-refractivity contribution in [2.75, 3.05) is 6.61 Å². The Kier molecular flexibility index (Phi) is 5.87. The third-order valence-electron chi connectivity index (χ3n) is 4.43. The van der Waals surface area contributed by atoms with Crippen molar-refractivity contribution in [1.82, 2.24) is 5.43 Å². The van der Waals surface area contributed by atoms with Crippen molar-refractivity contribution in [3.63, 3.8) is 0 Å². The van der Waals surface area contributed by atoms with Gasteiger partial charge in [0.1, 0.15) is 5.75 Å². The summed E-state index contributed by atoms with van der Waals surface area (Å²) in [5.74, 6) is 0.850. The summed E-state index contributed by atoms with van der Waals surface area (Å²) < 4.78 is 5.52. The van der Waals surface area contributed by atoms with Gasteiger partial charge in [-0.05, 0) is 52.9 Å². The lowest BCUT2D eigenvalue weighted by atomic mass is 10.0. The van der Waals surface area contributed by atoms with Gasteiger partial charge in [-0.3, -0.25) is 4.79 Å². The molecule has 0 spiro atoms. The molecule has 4 heteroatoms. The Morgan fingerprint density at radius 2 is 1.70 bits per heavy atom. The van der Waals surface area contributed by atoms with Crippen molar-refractivity contribution in [1.29, 1.82) is 0 Å². The van der Waals surface area contributed by atoms with Gasteiger partial charge in [-0.25, -0.2) is 5.43 Å². The van der Waals surface area contributed by atoms with Crippen LogP contribution < -0.4 is 10.2 Å². The number of hydrogen-bond donors (Lipinski definition) is 1. The molecule has 4 nitrogen and oxygen atoms in total. The van der Waals surface area contributed by atoms with Crippen LogP contribution in [0.4, 0.5) is 0 Å². The second-order valence-corrected chi connectivity index (χ2v) is 6.81. The van der Waals surface area contributed by atoms with E-state index in [0.717, 1.165) is 16.7 Å². The van der Waals surface area contributed by atoms with Crippen molar-refractivity contribution in [3.05, 3.63) is 77.9 Å². The number of fused-ring (bicyclic) bond motifs is 1. The van der Waals surface area contributed by atoms with E-state index in [4.69, 9.17) is 4.74 Å². The SMILES string of the molecule is C/C(=N\NC(=O)COc1ccc(C(C)C)cc1)c1ccc2ccccc2c1. The lowest BCUT2D eigenvalue weighted by Gasteiger charge is -2.08. The molecule has 0 atom stereocenters. The monoisotopic (exact) mass is 360 g/mol. The smallest absolute Gasteiger partial charge is 0.277 e. The molecule has 1 amide bonds. The van der Waals surface area contributed by atoms with Gasteiger partial charge in [0.15, 0.2) is 6.61 Å². The minimum atomic E-state index is -0.289. The van der Waals surface area contributed by atoms with E-state index in [-0.39, 0.29) is 12.5 Å². The standard InChI is InChI=1S/C23H24N2O2/c1-16(2)18-10-12-22(13-11-18)27-15-23(26)25-24-17(3)20-9-8-19-6-4-5-7-21(19)14-20/h4-14,16H,15H2,1-3H3,(H,25,26)/b24-17+. The molecule has 0 unspecified atom stereocenters. The first-order valence-corrected chi connectivity index (χ1v) is 9.08. The van der Waals surface area contributed by atoms with E-state index in [2.05, 4.69) is 48.6 Å². The fourth-order valence-electron chi connectivity index (χ4n) is 2.76. The Labute approximate surface area is 159 Å². The van der Waals surface area contributed by atoms with Gasteiger partial charge >= 0.3 is 0 Å². The van der Waals surface area contributed by atoms with Gasteiger partial charge in [0, 0.05) is 0 Å². The van der Waals surface area contributed by atoms with Gasteiger partial charge < -0.3 is 4.74 Å². The number of nitrogens with zero attached hydrogens (tertiary/aromatic N) is 1. The highest BCUT2D eigenvalue weighted by Gasteiger charge is 2.05. The maximum absolute atomic E-state index is 12.0. The van der Waals surface area contributed by atoms with E-state index < -0.39 is 0 Å². The van der Waals surface area contributed by atoms with Gasteiger partial charge in [0.05, 0.1) is 5.71 Å². The van der Waals surface area contributed by atoms with Crippen LogP contribution >= 0.6 is 0 Å². The average molecular weight is 360 g/mol. The van der Waals surface area contributed by atoms with E-state index in [0.29, 0.717) is 11.7 Å². The van der Waals surface area contributed by atoms with Crippen LogP contribution in [0.5, 0.6) is 5.75 Å². The zero-order valence-electron chi connectivity index (χ0n) is 15.9. The molecule has 0 aliphatic heterocycles. The van der Waals surface area contributed by atoms with Gasteiger partial charge in [0.25, 0.3) is 5.91 Å². The number of rotatable bonds is 6. The third-order valence-corrected chi connectivity index (χ3v) is 4.43. The molecule has 1 N–H and O–H groups in total. The van der Waals surface area contributed by atoms with Gasteiger partial charge in [-0.2, -0.15) is 5.10 Å². The molecule has 0 aliphatic carbocycles. The lowest BCUT2D eigenvalue weighted by molar-refractivity contribution is -0.123. The Bertz CT molecular complexity index is 960. The van der Waals surface area contributed by atoms with Crippen molar-refractivity contribution < 1.29 is 9.53 Å². The summed E-state index contributed by atoms with van der Waals surface area (Å²) in [5.41, 5.74) is 5.51. The van der Waals surface area contributed by atoms with Gasteiger partial charge in [-0.15, -0.1) is 0 Å². The van der Waals surface area contributed by atoms with Crippen LogP contribution in [0, 0.1) is 0 Å². The Balaban J connectivity index is 1.56. The number of benzene rings is 3. The number of hydrogen-bond acceptors (Lipinski definition) is 3. The topological polar surface area (TPSA) is 50.7 Å². The highest BCUT2D eigenvalue weighted by molar-refractivity contribution is 6.02. The molecule has 3 aromatic rings. The minimum Gasteiger partial charge on any atom is -0.484 e. The van der Waals surface area contributed by atoms with Crippen LogP contribution in [0.25, 0.3) is 10.8 Å². The van der Waals surface area contributed by atoms with Crippen LogP contribution in [0.1, 0.15) is 37.8 Å². The first-order chi connectivity index (χ1) is 13.0. The Hall–Kier alpha value is -3.14. The second-order valence-electron chi connectivity index (χ2n) is 6.81. The molecular weight excluding hydrogens is 336 g/mol. The summed E-state index contributed by atoms with van der Waals surface area (Å²) in [7, 11) is 0. The van der Waals surface area contributed by atoms with Gasteiger partial charge in [-0.1, -0.05) is 62.4 Å². The van der Waals surface area contributed by atoms with Crippen LogP contribution in [-0.4, -0.2) is 18.2 Å². The molecule has 138 valence electrons. The summed E-state index contributed by atoms with van der Waals surface area (Å²) >= 11 is 0. The van der Waals surface area contributed by atoms with E-state index >= 15 is 0 Å². The molecule has 0 aliphatic rings. The number of hydrazone groups is 1. The molecule has 3 aromatic carbocycles. The molecule has 0 heterocycles. The minimum absolute atomic E-state index is 0.0739. The van der Waals surface area contributed by atoms with Crippen molar-refractivity contribution in [2.45, 2.75) is 26.7 Å². The number of carbonyl (C=O) groups excluding carboxylic acids is 1. The third kappa shape index (κ3) is 4.94. The number of carbonyl (C=O) groups is 1. The highest BCUT2D eigenvalue weighted by atomic mass is 16.5. The fraction of sp³-hybridized carbons (Fsp3) is 0.217. The molecule has 0 radical (unpaired) electrons. The predicted molar refractivity (Wildman–Crippen MR) is 110 cm³/mol. The maximum atomic E-state index is 12.0. The summed E-state index contributed by atoms with van der Waals surface area (Å²) in [6.07, 6.45) is 0. The molecule has 0 saturated carbocycles. The van der Waals surface area contributed by atoms with E-state index in [1.807, 2.05) is 49.4 Å². The quantitative estimate of drug-likeness (QED) is 0.503. The average Bonchev–Trinajstić information content (AvgIpc) is 2.70. The zero-order chi connectivity index (χ0) is 19.2. The molecule has 0 aromatic heterocycles. The first-order valence-electron chi connectivity index (χ1n) is 9.08. The Morgan fingerprint density at radius 1 is 1.00 bits per heavy atom. The van der Waals surface area contributed by atoms with Gasteiger partial charge in [0.2, 0.25) is 0 Å². The number of amides is 1. The summed E-state index contributed by atoms with van der Waals surface area (Å²) in [6, 6.07) is 22.0. The first kappa shape index (κ1) is 18.6. The molecule has 0 saturated heterocycles.